The third-order valence-electron chi connectivity index (χ3n) is 2.49. The van der Waals surface area contributed by atoms with E-state index in [0.29, 0.717) is 12.6 Å². The first kappa shape index (κ1) is 9.96. The molecule has 2 N–H and O–H groups in total. The number of likely N-dealkylation sites (N-methyl/N-ethyl adjacent to an activating group) is 1. The van der Waals surface area contributed by atoms with E-state index in [-0.39, 0.29) is 6.10 Å². The molecule has 3 heteroatoms. The third-order valence-corrected chi connectivity index (χ3v) is 2.49. The summed E-state index contributed by atoms with van der Waals surface area (Å²) in [5.41, 5.74) is 0. The molecule has 1 aliphatic heterocycles. The normalized spacial score (nSPS) is 27.8. The maximum absolute atomic E-state index is 9.02. The first-order valence-corrected chi connectivity index (χ1v) is 4.79. The molecule has 0 aromatic rings. The minimum absolute atomic E-state index is 0.225. The van der Waals surface area contributed by atoms with Crippen LogP contribution < -0.4 is 5.32 Å². The van der Waals surface area contributed by atoms with Crippen LogP contribution in [0.5, 0.6) is 0 Å². The second-order valence-corrected chi connectivity index (χ2v) is 3.78. The Balaban J connectivity index is 2.06. The van der Waals surface area contributed by atoms with Gasteiger partial charge in [0.2, 0.25) is 0 Å². The fraction of sp³-hybridized carbons (Fsp3) is 1.00. The van der Waals surface area contributed by atoms with E-state index in [1.807, 2.05) is 6.92 Å². The summed E-state index contributed by atoms with van der Waals surface area (Å²) >= 11 is 0. The van der Waals surface area contributed by atoms with Crippen molar-refractivity contribution in [1.29, 1.82) is 0 Å². The van der Waals surface area contributed by atoms with E-state index in [4.69, 9.17) is 5.11 Å². The molecule has 0 bridgehead atoms. The van der Waals surface area contributed by atoms with Crippen molar-refractivity contribution in [3.05, 3.63) is 0 Å². The first-order valence-electron chi connectivity index (χ1n) is 4.79. The van der Waals surface area contributed by atoms with Gasteiger partial charge < -0.3 is 15.3 Å². The Labute approximate surface area is 74.8 Å². The number of hydrogen-bond acceptors (Lipinski definition) is 3. The number of nitrogens with one attached hydrogen (secondary N) is 1. The van der Waals surface area contributed by atoms with E-state index in [9.17, 15) is 0 Å². The molecule has 0 radical (unpaired) electrons. The molecule has 0 saturated carbocycles. The number of nitrogens with zero attached hydrogens (tertiary/aromatic N) is 1. The summed E-state index contributed by atoms with van der Waals surface area (Å²) in [6.45, 7) is 4.76. The molecule has 0 spiro atoms. The van der Waals surface area contributed by atoms with Crippen LogP contribution in [0, 0.1) is 0 Å². The van der Waals surface area contributed by atoms with E-state index in [1.165, 1.54) is 19.4 Å². The molecular formula is C9H20N2O. The van der Waals surface area contributed by atoms with Crippen LogP contribution in [0.15, 0.2) is 0 Å². The van der Waals surface area contributed by atoms with Crippen LogP contribution in [0.1, 0.15) is 19.8 Å². The number of hydrogen-bond donors (Lipinski definition) is 2. The van der Waals surface area contributed by atoms with Gasteiger partial charge in [0.05, 0.1) is 6.10 Å². The lowest BCUT2D eigenvalue weighted by Crippen LogP contribution is -2.37. The monoisotopic (exact) mass is 172 g/mol. The lowest BCUT2D eigenvalue weighted by molar-refractivity contribution is 0.186. The summed E-state index contributed by atoms with van der Waals surface area (Å²) in [6, 6.07) is 0.684. The second kappa shape index (κ2) is 4.80. The number of aliphatic hydroxyl groups is 1. The van der Waals surface area contributed by atoms with Crippen molar-refractivity contribution in [3.63, 3.8) is 0 Å². The molecule has 1 fully saturated rings. The van der Waals surface area contributed by atoms with E-state index in [2.05, 4.69) is 17.3 Å². The Bertz CT molecular complexity index is 128. The largest absolute Gasteiger partial charge is 0.392 e. The van der Waals surface area contributed by atoms with Crippen LogP contribution in [0.25, 0.3) is 0 Å². The third kappa shape index (κ3) is 3.09. The van der Waals surface area contributed by atoms with Crippen molar-refractivity contribution < 1.29 is 5.11 Å². The van der Waals surface area contributed by atoms with Crippen molar-refractivity contribution in [3.8, 4) is 0 Å². The molecule has 0 aromatic heterocycles. The highest BCUT2D eigenvalue weighted by molar-refractivity contribution is 4.78. The van der Waals surface area contributed by atoms with Gasteiger partial charge in [0.15, 0.2) is 0 Å². The average Bonchev–Trinajstić information content (AvgIpc) is 2.36. The van der Waals surface area contributed by atoms with Crippen molar-refractivity contribution in [1.82, 2.24) is 10.2 Å². The zero-order valence-electron chi connectivity index (χ0n) is 8.08. The van der Waals surface area contributed by atoms with Crippen LogP contribution >= 0.6 is 0 Å². The van der Waals surface area contributed by atoms with E-state index < -0.39 is 0 Å². The topological polar surface area (TPSA) is 35.5 Å². The zero-order valence-corrected chi connectivity index (χ0v) is 8.08. The number of likely N-dealkylation sites (tertiary alicyclic amines) is 1. The van der Waals surface area contributed by atoms with Gasteiger partial charge in [0.25, 0.3) is 0 Å². The predicted octanol–water partition coefficient (Wildman–Crippen LogP) is 0.0510. The fourth-order valence-corrected chi connectivity index (χ4v) is 1.70. The number of rotatable bonds is 4. The summed E-state index contributed by atoms with van der Waals surface area (Å²) in [6.07, 6.45) is 2.39. The zero-order chi connectivity index (χ0) is 8.97. The minimum Gasteiger partial charge on any atom is -0.392 e. The van der Waals surface area contributed by atoms with Crippen LogP contribution in [-0.4, -0.2) is 48.8 Å². The molecule has 2 atom stereocenters. The molecule has 1 rings (SSSR count). The van der Waals surface area contributed by atoms with Gasteiger partial charge in [-0.1, -0.05) is 0 Å². The maximum atomic E-state index is 9.02. The van der Waals surface area contributed by atoms with Crippen molar-refractivity contribution in [2.45, 2.75) is 31.9 Å². The summed E-state index contributed by atoms with van der Waals surface area (Å²) in [5.74, 6) is 0. The molecule has 3 nitrogen and oxygen atoms in total. The van der Waals surface area contributed by atoms with Gasteiger partial charge in [-0.2, -0.15) is 0 Å². The van der Waals surface area contributed by atoms with Crippen LogP contribution in [0.4, 0.5) is 0 Å². The second-order valence-electron chi connectivity index (χ2n) is 3.78. The highest BCUT2D eigenvalue weighted by atomic mass is 16.3. The van der Waals surface area contributed by atoms with Gasteiger partial charge in [0.1, 0.15) is 0 Å². The first-order chi connectivity index (χ1) is 5.70. The van der Waals surface area contributed by atoms with Gasteiger partial charge in [-0.25, -0.2) is 0 Å². The van der Waals surface area contributed by atoms with E-state index >= 15 is 0 Å². The minimum atomic E-state index is -0.225. The molecule has 0 aromatic carbocycles. The van der Waals surface area contributed by atoms with E-state index in [1.54, 1.807) is 0 Å². The Morgan fingerprint density at radius 3 is 2.92 bits per heavy atom. The quantitative estimate of drug-likeness (QED) is 0.629. The van der Waals surface area contributed by atoms with Crippen LogP contribution in [-0.2, 0) is 0 Å². The molecule has 12 heavy (non-hydrogen) atoms. The molecule has 1 heterocycles. The van der Waals surface area contributed by atoms with Crippen molar-refractivity contribution >= 4 is 0 Å². The fourth-order valence-electron chi connectivity index (χ4n) is 1.70. The highest BCUT2D eigenvalue weighted by Gasteiger charge is 2.19. The van der Waals surface area contributed by atoms with Gasteiger partial charge in [-0.15, -0.1) is 0 Å². The SMILES string of the molecule is CC(O)CNCC1CCCN1C. The standard InChI is InChI=1S/C9H20N2O/c1-8(12)6-10-7-9-4-3-5-11(9)2/h8-10,12H,3-7H2,1-2H3. The predicted molar refractivity (Wildman–Crippen MR) is 50.2 cm³/mol. The molecule has 0 amide bonds. The highest BCUT2D eigenvalue weighted by Crippen LogP contribution is 2.13. The summed E-state index contributed by atoms with van der Waals surface area (Å²) in [4.78, 5) is 2.38. The molecular weight excluding hydrogens is 152 g/mol. The smallest absolute Gasteiger partial charge is 0.0636 e. The van der Waals surface area contributed by atoms with Crippen molar-refractivity contribution in [2.24, 2.45) is 0 Å². The lowest BCUT2D eigenvalue weighted by atomic mass is 10.2. The summed E-state index contributed by atoms with van der Waals surface area (Å²) < 4.78 is 0. The molecule has 1 saturated heterocycles. The Morgan fingerprint density at radius 2 is 2.42 bits per heavy atom. The Hall–Kier alpha value is -0.120. The maximum Gasteiger partial charge on any atom is 0.0636 e. The van der Waals surface area contributed by atoms with Crippen LogP contribution in [0.2, 0.25) is 0 Å². The van der Waals surface area contributed by atoms with E-state index in [0.717, 1.165) is 6.54 Å². The molecule has 0 aliphatic carbocycles. The van der Waals surface area contributed by atoms with Crippen molar-refractivity contribution in [2.75, 3.05) is 26.7 Å². The van der Waals surface area contributed by atoms with Gasteiger partial charge in [-0.05, 0) is 33.4 Å². The Kier molecular flexibility index (Phi) is 3.98. The summed E-state index contributed by atoms with van der Waals surface area (Å²) in [7, 11) is 2.17. The Morgan fingerprint density at radius 1 is 1.67 bits per heavy atom. The van der Waals surface area contributed by atoms with Crippen LogP contribution in [0.3, 0.4) is 0 Å². The molecule has 72 valence electrons. The van der Waals surface area contributed by atoms with Gasteiger partial charge in [0, 0.05) is 19.1 Å². The average molecular weight is 172 g/mol. The molecule has 1 aliphatic rings. The lowest BCUT2D eigenvalue weighted by Gasteiger charge is -2.20. The van der Waals surface area contributed by atoms with Gasteiger partial charge >= 0.3 is 0 Å². The van der Waals surface area contributed by atoms with Gasteiger partial charge in [-0.3, -0.25) is 0 Å². The number of aliphatic hydroxyl groups excluding tert-OH is 1. The molecule has 2 unspecified atom stereocenters. The summed E-state index contributed by atoms with van der Waals surface area (Å²) in [5, 5.41) is 12.3.